The molecular weight excluding hydrogens is 458 g/mol. The van der Waals surface area contributed by atoms with Crippen molar-refractivity contribution in [1.29, 1.82) is 0 Å². The molecule has 2 aromatic heterocycles. The van der Waals surface area contributed by atoms with E-state index in [-0.39, 0.29) is 17.1 Å². The Morgan fingerprint density at radius 2 is 1.43 bits per heavy atom. The minimum atomic E-state index is -0.210. The number of fused-ring (bicyclic) bond motifs is 3. The van der Waals surface area contributed by atoms with Gasteiger partial charge in [0, 0.05) is 24.2 Å². The van der Waals surface area contributed by atoms with Crippen LogP contribution in [0.2, 0.25) is 0 Å². The van der Waals surface area contributed by atoms with Crippen LogP contribution in [0.1, 0.15) is 64.7 Å². The van der Waals surface area contributed by atoms with Gasteiger partial charge in [0.1, 0.15) is 5.82 Å². The van der Waals surface area contributed by atoms with Crippen LogP contribution in [0.15, 0.2) is 78.4 Å². The Kier molecular flexibility index (Phi) is 5.00. The van der Waals surface area contributed by atoms with Crippen molar-refractivity contribution in [3.8, 4) is 11.3 Å². The van der Waals surface area contributed by atoms with E-state index in [2.05, 4.69) is 27.3 Å². The molecule has 7 rings (SSSR count). The van der Waals surface area contributed by atoms with Gasteiger partial charge in [-0.15, -0.1) is 0 Å². The Balaban J connectivity index is 1.39. The molecule has 0 aliphatic heterocycles. The van der Waals surface area contributed by atoms with Crippen molar-refractivity contribution < 1.29 is 9.59 Å². The number of allylic oxidation sites excluding steroid dienone is 1. The van der Waals surface area contributed by atoms with Crippen molar-refractivity contribution in [2.75, 3.05) is 0 Å². The normalized spacial score (nSPS) is 16.2. The number of hydrogen-bond acceptors (Lipinski definition) is 3. The van der Waals surface area contributed by atoms with Crippen molar-refractivity contribution in [2.24, 2.45) is 7.05 Å². The second-order valence-corrected chi connectivity index (χ2v) is 10.3. The molecule has 0 radical (unpaired) electrons. The summed E-state index contributed by atoms with van der Waals surface area (Å²) < 4.78 is 4.40. The van der Waals surface area contributed by atoms with Gasteiger partial charge in [-0.25, -0.2) is 4.98 Å². The number of benzene rings is 3. The molecule has 5 nitrogen and oxygen atoms in total. The molecule has 0 amide bonds. The van der Waals surface area contributed by atoms with E-state index in [1.165, 1.54) is 19.3 Å². The van der Waals surface area contributed by atoms with E-state index in [9.17, 15) is 9.59 Å². The van der Waals surface area contributed by atoms with Crippen LogP contribution in [0.25, 0.3) is 39.3 Å². The fraction of sp³-hybridized carbons (Fsp3) is 0.219. The Morgan fingerprint density at radius 3 is 2.08 bits per heavy atom. The lowest BCUT2D eigenvalue weighted by Crippen LogP contribution is -2.14. The zero-order valence-electron chi connectivity index (χ0n) is 20.8. The summed E-state index contributed by atoms with van der Waals surface area (Å²) in [4.78, 5) is 32.0. The molecule has 0 saturated heterocycles. The molecule has 0 N–H and O–H groups in total. The molecule has 0 bridgehead atoms. The molecule has 1 fully saturated rings. The van der Waals surface area contributed by atoms with E-state index in [0.717, 1.165) is 46.0 Å². The number of aromatic nitrogens is 3. The lowest BCUT2D eigenvalue weighted by Gasteiger charge is -2.24. The fourth-order valence-electron chi connectivity index (χ4n) is 6.15. The average molecular weight is 486 g/mol. The number of ketones is 2. The molecule has 0 unspecified atom stereocenters. The third kappa shape index (κ3) is 3.41. The zero-order chi connectivity index (χ0) is 25.1. The highest BCUT2D eigenvalue weighted by atomic mass is 16.2. The van der Waals surface area contributed by atoms with E-state index in [0.29, 0.717) is 23.0 Å². The van der Waals surface area contributed by atoms with Crippen LogP contribution < -0.4 is 0 Å². The summed E-state index contributed by atoms with van der Waals surface area (Å²) in [5.74, 6) is 0.275. The van der Waals surface area contributed by atoms with Gasteiger partial charge in [-0.2, -0.15) is 0 Å². The quantitative estimate of drug-likeness (QED) is 0.201. The largest absolute Gasteiger partial charge is 0.327 e. The lowest BCUT2D eigenvalue weighted by molar-refractivity contribution is 0.0990. The van der Waals surface area contributed by atoms with Crippen molar-refractivity contribution in [3.05, 3.63) is 95.3 Å². The predicted octanol–water partition coefficient (Wildman–Crippen LogP) is 7.16. The molecule has 2 heterocycles. The SMILES string of the molecule is Cn1c(-c2ccccc2)cc2c1nc(C=C1C(=O)c3cc4ccccc4cc3C1=O)n2C1CCCCC1. The van der Waals surface area contributed by atoms with E-state index in [1.54, 1.807) is 6.08 Å². The summed E-state index contributed by atoms with van der Waals surface area (Å²) in [5, 5.41) is 1.93. The Hall–Kier alpha value is -4.25. The van der Waals surface area contributed by atoms with E-state index in [4.69, 9.17) is 4.98 Å². The highest BCUT2D eigenvalue weighted by molar-refractivity contribution is 6.42. The van der Waals surface area contributed by atoms with Crippen LogP contribution in [0, 0.1) is 0 Å². The maximum atomic E-state index is 13.5. The number of nitrogens with zero attached hydrogens (tertiary/aromatic N) is 3. The van der Waals surface area contributed by atoms with Crippen LogP contribution in [-0.2, 0) is 7.05 Å². The Labute approximate surface area is 215 Å². The van der Waals surface area contributed by atoms with Gasteiger partial charge in [0.2, 0.25) is 0 Å². The average Bonchev–Trinajstić information content (AvgIpc) is 3.53. The monoisotopic (exact) mass is 485 g/mol. The summed E-state index contributed by atoms with van der Waals surface area (Å²) in [6.07, 6.45) is 7.49. The fourth-order valence-corrected chi connectivity index (χ4v) is 6.15. The molecule has 5 heteroatoms. The van der Waals surface area contributed by atoms with E-state index >= 15 is 0 Å². The summed E-state index contributed by atoms with van der Waals surface area (Å²) >= 11 is 0. The maximum Gasteiger partial charge on any atom is 0.197 e. The molecule has 2 aliphatic carbocycles. The van der Waals surface area contributed by atoms with Crippen molar-refractivity contribution in [2.45, 2.75) is 38.1 Å². The molecule has 0 atom stereocenters. The molecule has 0 spiro atoms. The van der Waals surface area contributed by atoms with Gasteiger partial charge in [0.05, 0.1) is 16.8 Å². The van der Waals surface area contributed by atoms with Crippen molar-refractivity contribution >= 4 is 39.6 Å². The third-order valence-corrected chi connectivity index (χ3v) is 8.06. The third-order valence-electron chi connectivity index (χ3n) is 8.06. The number of carbonyl (C=O) groups excluding carboxylic acids is 2. The van der Waals surface area contributed by atoms with Gasteiger partial charge >= 0.3 is 0 Å². The highest BCUT2D eigenvalue weighted by Gasteiger charge is 2.34. The number of Topliss-reactive ketones (excluding diaryl/α,β-unsaturated/α-hetero) is 2. The summed E-state index contributed by atoms with van der Waals surface area (Å²) in [5.41, 5.74) is 5.36. The molecule has 182 valence electrons. The molecular formula is C32H27N3O2. The Morgan fingerprint density at radius 1 is 0.811 bits per heavy atom. The smallest absolute Gasteiger partial charge is 0.197 e. The minimum absolute atomic E-state index is 0.209. The van der Waals surface area contributed by atoms with Crippen molar-refractivity contribution in [1.82, 2.24) is 14.1 Å². The summed E-state index contributed by atoms with van der Waals surface area (Å²) in [6.45, 7) is 0. The van der Waals surface area contributed by atoms with Gasteiger partial charge < -0.3 is 9.13 Å². The molecule has 1 saturated carbocycles. The topological polar surface area (TPSA) is 56.9 Å². The van der Waals surface area contributed by atoms with Gasteiger partial charge in [0.15, 0.2) is 17.2 Å². The highest BCUT2D eigenvalue weighted by Crippen LogP contribution is 2.37. The first kappa shape index (κ1) is 22.0. The minimum Gasteiger partial charge on any atom is -0.327 e. The lowest BCUT2D eigenvalue weighted by atomic mass is 9.95. The molecule has 37 heavy (non-hydrogen) atoms. The number of aryl methyl sites for hydroxylation is 1. The van der Waals surface area contributed by atoms with Crippen LogP contribution in [0.3, 0.4) is 0 Å². The van der Waals surface area contributed by atoms with Gasteiger partial charge in [-0.3, -0.25) is 9.59 Å². The maximum absolute atomic E-state index is 13.5. The molecule has 3 aromatic carbocycles. The van der Waals surface area contributed by atoms with Crippen LogP contribution in [0.5, 0.6) is 0 Å². The van der Waals surface area contributed by atoms with E-state index < -0.39 is 0 Å². The van der Waals surface area contributed by atoms with Gasteiger partial charge in [-0.05, 0) is 53.5 Å². The number of rotatable bonds is 3. The predicted molar refractivity (Wildman–Crippen MR) is 147 cm³/mol. The van der Waals surface area contributed by atoms with Crippen molar-refractivity contribution in [3.63, 3.8) is 0 Å². The summed E-state index contributed by atoms with van der Waals surface area (Å²) in [7, 11) is 2.03. The first-order chi connectivity index (χ1) is 18.1. The van der Waals surface area contributed by atoms with Crippen LogP contribution in [-0.4, -0.2) is 25.7 Å². The number of hydrogen-bond donors (Lipinski definition) is 0. The standard InChI is InChI=1S/C32H27N3O2/c1-34-27(20-10-4-2-5-11-20)19-28-32(34)33-29(35(28)23-14-6-3-7-15-23)18-26-30(36)24-16-21-12-8-9-13-22(21)17-25(24)31(26)37/h2,4-5,8-13,16-19,23H,3,6-7,14-15H2,1H3. The molecule has 2 aliphatic rings. The molecule has 5 aromatic rings. The number of imidazole rings is 1. The zero-order valence-corrected chi connectivity index (χ0v) is 20.8. The number of carbonyl (C=O) groups is 2. The van der Waals surface area contributed by atoms with Gasteiger partial charge in [0.25, 0.3) is 0 Å². The first-order valence-corrected chi connectivity index (χ1v) is 13.1. The Bertz CT molecular complexity index is 1690. The van der Waals surface area contributed by atoms with Crippen LogP contribution >= 0.6 is 0 Å². The van der Waals surface area contributed by atoms with Crippen LogP contribution in [0.4, 0.5) is 0 Å². The first-order valence-electron chi connectivity index (χ1n) is 13.1. The summed E-state index contributed by atoms with van der Waals surface area (Å²) in [6, 6.07) is 24.4. The van der Waals surface area contributed by atoms with Gasteiger partial charge in [-0.1, -0.05) is 73.9 Å². The second-order valence-electron chi connectivity index (χ2n) is 10.3. The second kappa shape index (κ2) is 8.41. The van der Waals surface area contributed by atoms with E-state index in [1.807, 2.05) is 61.6 Å².